The quantitative estimate of drug-likeness (QED) is 0.642. The number of nitrogens with zero attached hydrogens (tertiary/aromatic N) is 1. The molecule has 0 spiro atoms. The molecule has 21 heavy (non-hydrogen) atoms. The van der Waals surface area contributed by atoms with Gasteiger partial charge < -0.3 is 5.32 Å². The van der Waals surface area contributed by atoms with Gasteiger partial charge in [-0.1, -0.05) is 25.7 Å². The molecule has 2 aliphatic heterocycles. The number of nitrogens with one attached hydrogen (secondary N) is 1. The maximum absolute atomic E-state index is 12.6. The van der Waals surface area contributed by atoms with Gasteiger partial charge in [-0.15, -0.1) is 0 Å². The van der Waals surface area contributed by atoms with E-state index in [9.17, 15) is 9.59 Å². The molecule has 0 radical (unpaired) electrons. The van der Waals surface area contributed by atoms with Crippen LogP contribution in [0.15, 0.2) is 0 Å². The van der Waals surface area contributed by atoms with Gasteiger partial charge in [0, 0.05) is 17.8 Å². The highest BCUT2D eigenvalue weighted by Crippen LogP contribution is 2.27. The molecule has 1 N–H and O–H groups in total. The Bertz CT molecular complexity index is 388. The van der Waals surface area contributed by atoms with Gasteiger partial charge in [0.25, 0.3) is 0 Å². The van der Waals surface area contributed by atoms with Gasteiger partial charge in [0.1, 0.15) is 0 Å². The van der Waals surface area contributed by atoms with Crippen LogP contribution in [0.25, 0.3) is 0 Å². The molecule has 0 bridgehead atoms. The summed E-state index contributed by atoms with van der Waals surface area (Å²) in [6.45, 7) is 0. The molecule has 118 valence electrons. The molecular formula is C16H26N2O2S. The minimum Gasteiger partial charge on any atom is -0.302 e. The molecule has 3 fully saturated rings. The fourth-order valence-corrected chi connectivity index (χ4v) is 4.92. The van der Waals surface area contributed by atoms with Crippen LogP contribution in [0, 0.1) is 0 Å². The van der Waals surface area contributed by atoms with E-state index in [0.29, 0.717) is 12.5 Å². The minimum absolute atomic E-state index is 0.0440. The number of rotatable bonds is 3. The SMILES string of the molecule is O=C1CC(NC2CCCSC2)C(=O)N1C1CCCCCC1. The van der Waals surface area contributed by atoms with E-state index in [4.69, 9.17) is 0 Å². The molecule has 5 heteroatoms. The summed E-state index contributed by atoms with van der Waals surface area (Å²) < 4.78 is 0. The first-order valence-electron chi connectivity index (χ1n) is 8.45. The average Bonchev–Trinajstić information content (AvgIpc) is 2.70. The van der Waals surface area contributed by atoms with E-state index in [-0.39, 0.29) is 23.9 Å². The number of imide groups is 1. The van der Waals surface area contributed by atoms with Crippen molar-refractivity contribution in [1.82, 2.24) is 10.2 Å². The lowest BCUT2D eigenvalue weighted by Gasteiger charge is -2.27. The van der Waals surface area contributed by atoms with Crippen molar-refractivity contribution < 1.29 is 9.59 Å². The molecule has 3 rings (SSSR count). The molecular weight excluding hydrogens is 284 g/mol. The number of likely N-dealkylation sites (tertiary alicyclic amines) is 1. The molecule has 1 saturated carbocycles. The second-order valence-electron chi connectivity index (χ2n) is 6.58. The Balaban J connectivity index is 1.61. The highest BCUT2D eigenvalue weighted by Gasteiger charge is 2.42. The van der Waals surface area contributed by atoms with Gasteiger partial charge in [0.05, 0.1) is 12.5 Å². The third kappa shape index (κ3) is 3.62. The Kier molecular flexibility index (Phi) is 5.22. The van der Waals surface area contributed by atoms with E-state index >= 15 is 0 Å². The first-order chi connectivity index (χ1) is 10.3. The van der Waals surface area contributed by atoms with Crippen molar-refractivity contribution in [2.75, 3.05) is 11.5 Å². The minimum atomic E-state index is -0.260. The third-order valence-corrected chi connectivity index (χ3v) is 6.19. The van der Waals surface area contributed by atoms with Gasteiger partial charge >= 0.3 is 0 Å². The summed E-state index contributed by atoms with van der Waals surface area (Å²) in [5.74, 6) is 2.39. The van der Waals surface area contributed by atoms with Crippen molar-refractivity contribution in [1.29, 1.82) is 0 Å². The molecule has 2 atom stereocenters. The Morgan fingerprint density at radius 3 is 2.43 bits per heavy atom. The van der Waals surface area contributed by atoms with Crippen molar-refractivity contribution in [2.45, 2.75) is 75.9 Å². The van der Waals surface area contributed by atoms with Crippen LogP contribution >= 0.6 is 11.8 Å². The van der Waals surface area contributed by atoms with E-state index in [0.717, 1.165) is 37.9 Å². The van der Waals surface area contributed by atoms with Crippen LogP contribution in [0.3, 0.4) is 0 Å². The summed E-state index contributed by atoms with van der Waals surface area (Å²) in [6.07, 6.45) is 9.51. The van der Waals surface area contributed by atoms with Crippen LogP contribution in [0.1, 0.15) is 57.8 Å². The van der Waals surface area contributed by atoms with Gasteiger partial charge in [-0.05, 0) is 31.4 Å². The van der Waals surface area contributed by atoms with Crippen molar-refractivity contribution >= 4 is 23.6 Å². The van der Waals surface area contributed by atoms with Gasteiger partial charge in [-0.25, -0.2) is 0 Å². The number of thioether (sulfide) groups is 1. The molecule has 0 aromatic heterocycles. The van der Waals surface area contributed by atoms with Crippen LogP contribution in [0.5, 0.6) is 0 Å². The Labute approximate surface area is 131 Å². The maximum atomic E-state index is 12.6. The van der Waals surface area contributed by atoms with E-state index in [1.807, 2.05) is 11.8 Å². The number of hydrogen-bond acceptors (Lipinski definition) is 4. The lowest BCUT2D eigenvalue weighted by Crippen LogP contribution is -2.47. The normalized spacial score (nSPS) is 32.5. The largest absolute Gasteiger partial charge is 0.302 e. The summed E-state index contributed by atoms with van der Waals surface area (Å²) >= 11 is 1.95. The number of carbonyl (C=O) groups excluding carboxylic acids is 2. The molecule has 2 saturated heterocycles. The summed E-state index contributed by atoms with van der Waals surface area (Å²) in [5.41, 5.74) is 0. The maximum Gasteiger partial charge on any atom is 0.247 e. The van der Waals surface area contributed by atoms with Crippen LogP contribution in [0.4, 0.5) is 0 Å². The Hall–Kier alpha value is -0.550. The van der Waals surface area contributed by atoms with Crippen LogP contribution in [0.2, 0.25) is 0 Å². The second-order valence-corrected chi connectivity index (χ2v) is 7.73. The van der Waals surface area contributed by atoms with E-state index in [1.54, 1.807) is 4.90 Å². The summed E-state index contributed by atoms with van der Waals surface area (Å²) in [7, 11) is 0. The zero-order valence-electron chi connectivity index (χ0n) is 12.7. The molecule has 2 amide bonds. The fraction of sp³-hybridized carbons (Fsp3) is 0.875. The molecule has 2 unspecified atom stereocenters. The van der Waals surface area contributed by atoms with Crippen molar-refractivity contribution in [3.8, 4) is 0 Å². The topological polar surface area (TPSA) is 49.4 Å². The molecule has 1 aliphatic carbocycles. The van der Waals surface area contributed by atoms with Crippen LogP contribution in [-0.4, -0.2) is 46.3 Å². The predicted octanol–water partition coefficient (Wildman–Crippen LogP) is 2.32. The van der Waals surface area contributed by atoms with Gasteiger partial charge in [0.15, 0.2) is 0 Å². The van der Waals surface area contributed by atoms with Crippen molar-refractivity contribution in [3.05, 3.63) is 0 Å². The van der Waals surface area contributed by atoms with E-state index in [1.165, 1.54) is 25.0 Å². The lowest BCUT2D eigenvalue weighted by molar-refractivity contribution is -0.141. The number of hydrogen-bond donors (Lipinski definition) is 1. The Morgan fingerprint density at radius 1 is 1.00 bits per heavy atom. The fourth-order valence-electron chi connectivity index (χ4n) is 3.84. The first-order valence-corrected chi connectivity index (χ1v) is 9.61. The Morgan fingerprint density at radius 2 is 1.76 bits per heavy atom. The van der Waals surface area contributed by atoms with Gasteiger partial charge in [0.2, 0.25) is 11.8 Å². The predicted molar refractivity (Wildman–Crippen MR) is 85.2 cm³/mol. The monoisotopic (exact) mass is 310 g/mol. The van der Waals surface area contributed by atoms with Crippen molar-refractivity contribution in [3.63, 3.8) is 0 Å². The van der Waals surface area contributed by atoms with E-state index in [2.05, 4.69) is 5.32 Å². The van der Waals surface area contributed by atoms with Crippen LogP contribution in [-0.2, 0) is 9.59 Å². The molecule has 0 aromatic carbocycles. The van der Waals surface area contributed by atoms with E-state index < -0.39 is 0 Å². The lowest BCUT2D eigenvalue weighted by atomic mass is 10.1. The highest BCUT2D eigenvalue weighted by atomic mass is 32.2. The molecule has 0 aromatic rings. The smallest absolute Gasteiger partial charge is 0.247 e. The second kappa shape index (κ2) is 7.14. The molecule has 3 aliphatic rings. The van der Waals surface area contributed by atoms with Gasteiger partial charge in [-0.3, -0.25) is 14.5 Å². The van der Waals surface area contributed by atoms with Gasteiger partial charge in [-0.2, -0.15) is 11.8 Å². The number of carbonyl (C=O) groups is 2. The third-order valence-electron chi connectivity index (χ3n) is 4.97. The first kappa shape index (κ1) is 15.3. The zero-order chi connectivity index (χ0) is 14.7. The molecule has 4 nitrogen and oxygen atoms in total. The van der Waals surface area contributed by atoms with Crippen molar-refractivity contribution in [2.24, 2.45) is 0 Å². The summed E-state index contributed by atoms with van der Waals surface area (Å²) in [4.78, 5) is 26.6. The number of amides is 2. The van der Waals surface area contributed by atoms with Crippen LogP contribution < -0.4 is 5.32 Å². The molecule has 2 heterocycles. The highest BCUT2D eigenvalue weighted by molar-refractivity contribution is 7.99. The summed E-state index contributed by atoms with van der Waals surface area (Å²) in [5, 5.41) is 3.45. The average molecular weight is 310 g/mol. The summed E-state index contributed by atoms with van der Waals surface area (Å²) in [6, 6.07) is 0.309. The standard InChI is InChI=1S/C16H26N2O2S/c19-15-10-14(17-12-6-5-9-21-11-12)16(20)18(15)13-7-3-1-2-4-8-13/h12-14,17H,1-11H2. The zero-order valence-corrected chi connectivity index (χ0v) is 13.5.